The summed E-state index contributed by atoms with van der Waals surface area (Å²) in [5, 5.41) is 12.0. The Hall–Kier alpha value is -3.17. The molecule has 0 saturated carbocycles. The summed E-state index contributed by atoms with van der Waals surface area (Å²) in [4.78, 5) is 19.8. The van der Waals surface area contributed by atoms with Crippen molar-refractivity contribution in [3.63, 3.8) is 0 Å². The normalized spacial score (nSPS) is 14.5. The Morgan fingerprint density at radius 2 is 1.97 bits per heavy atom. The Bertz CT molecular complexity index is 1270. The highest BCUT2D eigenvalue weighted by Crippen LogP contribution is 2.27. The van der Waals surface area contributed by atoms with Crippen LogP contribution in [0, 0.1) is 0 Å². The fraction of sp³-hybridized carbons (Fsp3) is 0.391. The number of aromatic nitrogens is 5. The molecular formula is C23H27ClN6O3. The molecule has 4 heterocycles. The van der Waals surface area contributed by atoms with E-state index >= 15 is 0 Å². The van der Waals surface area contributed by atoms with Crippen LogP contribution in [0.3, 0.4) is 0 Å². The SMILES string of the molecule is CC(C)Oc1ccc(Cc2nc(-c3cnn4c(C5CCNCC5)cc(=O)[nH]c34)no2)cc1.Cl. The molecule has 1 fully saturated rings. The van der Waals surface area contributed by atoms with Crippen molar-refractivity contribution in [1.29, 1.82) is 0 Å². The summed E-state index contributed by atoms with van der Waals surface area (Å²) in [6.07, 6.45) is 4.27. The summed E-state index contributed by atoms with van der Waals surface area (Å²) < 4.78 is 13.0. The fourth-order valence-electron chi connectivity index (χ4n) is 4.15. The molecule has 0 aliphatic carbocycles. The topological polar surface area (TPSA) is 110 Å². The minimum absolute atomic E-state index is 0. The molecule has 1 aliphatic rings. The Kier molecular flexibility index (Phi) is 6.80. The first kappa shape index (κ1) is 23.0. The van der Waals surface area contributed by atoms with Crippen molar-refractivity contribution < 1.29 is 9.26 Å². The molecule has 0 bridgehead atoms. The van der Waals surface area contributed by atoms with Crippen molar-refractivity contribution in [3.8, 4) is 17.1 Å². The van der Waals surface area contributed by atoms with Gasteiger partial charge < -0.3 is 19.6 Å². The molecular weight excluding hydrogens is 444 g/mol. The van der Waals surface area contributed by atoms with Crippen LogP contribution in [0.1, 0.15) is 49.8 Å². The molecule has 0 amide bonds. The van der Waals surface area contributed by atoms with Gasteiger partial charge in [-0.05, 0) is 57.5 Å². The second-order valence-electron chi connectivity index (χ2n) is 8.40. The van der Waals surface area contributed by atoms with E-state index in [0.717, 1.165) is 42.9 Å². The maximum atomic E-state index is 12.4. The Labute approximate surface area is 197 Å². The maximum Gasteiger partial charge on any atom is 0.251 e. The lowest BCUT2D eigenvalue weighted by atomic mass is 9.94. The molecule has 0 spiro atoms. The van der Waals surface area contributed by atoms with E-state index in [2.05, 4.69) is 25.5 Å². The summed E-state index contributed by atoms with van der Waals surface area (Å²) in [6.45, 7) is 5.87. The lowest BCUT2D eigenvalue weighted by molar-refractivity contribution is 0.242. The molecule has 0 radical (unpaired) electrons. The van der Waals surface area contributed by atoms with Crippen molar-refractivity contribution in [1.82, 2.24) is 30.1 Å². The predicted octanol–water partition coefficient (Wildman–Crippen LogP) is 3.34. The molecule has 33 heavy (non-hydrogen) atoms. The molecule has 10 heteroatoms. The second kappa shape index (κ2) is 9.76. The number of fused-ring (bicyclic) bond motifs is 1. The van der Waals surface area contributed by atoms with Crippen LogP contribution in [0.4, 0.5) is 0 Å². The molecule has 1 saturated heterocycles. The van der Waals surface area contributed by atoms with E-state index in [1.165, 1.54) is 0 Å². The van der Waals surface area contributed by atoms with Gasteiger partial charge in [-0.3, -0.25) is 4.79 Å². The van der Waals surface area contributed by atoms with Crippen molar-refractivity contribution in [2.45, 2.75) is 45.1 Å². The van der Waals surface area contributed by atoms with E-state index in [9.17, 15) is 4.79 Å². The molecule has 4 aromatic rings. The van der Waals surface area contributed by atoms with Gasteiger partial charge >= 0.3 is 0 Å². The van der Waals surface area contributed by atoms with E-state index in [1.807, 2.05) is 38.1 Å². The molecule has 0 atom stereocenters. The van der Waals surface area contributed by atoms with Crippen LogP contribution in [-0.2, 0) is 6.42 Å². The van der Waals surface area contributed by atoms with Gasteiger partial charge in [0.25, 0.3) is 5.56 Å². The molecule has 0 unspecified atom stereocenters. The summed E-state index contributed by atoms with van der Waals surface area (Å²) in [6, 6.07) is 9.49. The number of aromatic amines is 1. The van der Waals surface area contributed by atoms with E-state index < -0.39 is 0 Å². The number of H-pyrrole nitrogens is 1. The van der Waals surface area contributed by atoms with Gasteiger partial charge in [0.05, 0.1) is 30.0 Å². The first-order valence-electron chi connectivity index (χ1n) is 11.0. The van der Waals surface area contributed by atoms with Gasteiger partial charge in [0, 0.05) is 12.0 Å². The minimum atomic E-state index is -0.153. The van der Waals surface area contributed by atoms with Crippen LogP contribution >= 0.6 is 12.4 Å². The molecule has 1 aromatic carbocycles. The minimum Gasteiger partial charge on any atom is -0.491 e. The number of nitrogens with one attached hydrogen (secondary N) is 2. The van der Waals surface area contributed by atoms with Crippen LogP contribution in [0.5, 0.6) is 5.75 Å². The molecule has 5 rings (SSSR count). The average Bonchev–Trinajstić information content (AvgIpc) is 3.41. The average molecular weight is 471 g/mol. The summed E-state index contributed by atoms with van der Waals surface area (Å²) in [5.41, 5.74) is 3.05. The number of halogens is 1. The molecule has 9 nitrogen and oxygen atoms in total. The highest BCUT2D eigenvalue weighted by Gasteiger charge is 2.22. The summed E-state index contributed by atoms with van der Waals surface area (Å²) in [7, 11) is 0. The predicted molar refractivity (Wildman–Crippen MR) is 126 cm³/mol. The second-order valence-corrected chi connectivity index (χ2v) is 8.40. The first-order valence-corrected chi connectivity index (χ1v) is 11.0. The molecule has 2 N–H and O–H groups in total. The van der Waals surface area contributed by atoms with Gasteiger partial charge in [-0.15, -0.1) is 12.4 Å². The monoisotopic (exact) mass is 470 g/mol. The standard InChI is InChI=1S/C23H26N6O3.ClH/c1-14(2)31-17-5-3-15(4-6-17)11-21-27-22(28-32-21)18-13-25-29-19(12-20(30)26-23(18)29)16-7-9-24-10-8-16;/h3-6,12-14,16,24H,7-11H2,1-2H3,(H,26,30);1H. The molecule has 174 valence electrons. The zero-order valence-corrected chi connectivity index (χ0v) is 19.4. The van der Waals surface area contributed by atoms with E-state index in [-0.39, 0.29) is 30.0 Å². The van der Waals surface area contributed by atoms with Gasteiger partial charge in [0.1, 0.15) is 11.4 Å². The molecule has 3 aromatic heterocycles. The zero-order chi connectivity index (χ0) is 22.1. The van der Waals surface area contributed by atoms with Crippen molar-refractivity contribution >= 4 is 18.1 Å². The zero-order valence-electron chi connectivity index (χ0n) is 18.6. The van der Waals surface area contributed by atoms with E-state index in [0.29, 0.717) is 29.3 Å². The Morgan fingerprint density at radius 1 is 1.21 bits per heavy atom. The van der Waals surface area contributed by atoms with Gasteiger partial charge in [-0.25, -0.2) is 4.52 Å². The number of ether oxygens (including phenoxy) is 1. The lowest BCUT2D eigenvalue weighted by Crippen LogP contribution is -2.28. The summed E-state index contributed by atoms with van der Waals surface area (Å²) in [5.74, 6) is 2.02. The van der Waals surface area contributed by atoms with Crippen LogP contribution in [0.15, 0.2) is 45.8 Å². The number of benzene rings is 1. The third kappa shape index (κ3) is 4.94. The lowest BCUT2D eigenvalue weighted by Gasteiger charge is -2.23. The largest absolute Gasteiger partial charge is 0.491 e. The van der Waals surface area contributed by atoms with E-state index in [1.54, 1.807) is 16.8 Å². The number of hydrogen-bond acceptors (Lipinski definition) is 7. The first-order chi connectivity index (χ1) is 15.6. The number of piperidine rings is 1. The van der Waals surface area contributed by atoms with Gasteiger partial charge in [0.2, 0.25) is 11.7 Å². The Balaban J connectivity index is 0.00000259. The highest BCUT2D eigenvalue weighted by atomic mass is 35.5. The van der Waals surface area contributed by atoms with Crippen LogP contribution in [0.25, 0.3) is 17.0 Å². The third-order valence-electron chi connectivity index (χ3n) is 5.65. The summed E-state index contributed by atoms with van der Waals surface area (Å²) >= 11 is 0. The smallest absolute Gasteiger partial charge is 0.251 e. The highest BCUT2D eigenvalue weighted by molar-refractivity contribution is 5.85. The molecule has 1 aliphatic heterocycles. The van der Waals surface area contributed by atoms with Crippen LogP contribution in [0.2, 0.25) is 0 Å². The van der Waals surface area contributed by atoms with Gasteiger partial charge in [-0.1, -0.05) is 17.3 Å². The van der Waals surface area contributed by atoms with Crippen molar-refractivity contribution in [2.24, 2.45) is 0 Å². The fourth-order valence-corrected chi connectivity index (χ4v) is 4.15. The van der Waals surface area contributed by atoms with Crippen LogP contribution in [-0.4, -0.2) is 43.9 Å². The quantitative estimate of drug-likeness (QED) is 0.444. The van der Waals surface area contributed by atoms with E-state index in [4.69, 9.17) is 9.26 Å². The van der Waals surface area contributed by atoms with Crippen molar-refractivity contribution in [2.75, 3.05) is 13.1 Å². The third-order valence-corrected chi connectivity index (χ3v) is 5.65. The van der Waals surface area contributed by atoms with Crippen molar-refractivity contribution in [3.05, 3.63) is 64.0 Å². The number of rotatable bonds is 6. The van der Waals surface area contributed by atoms with Gasteiger partial charge in [-0.2, -0.15) is 10.1 Å². The maximum absolute atomic E-state index is 12.4. The van der Waals surface area contributed by atoms with Crippen LogP contribution < -0.4 is 15.6 Å². The Morgan fingerprint density at radius 3 is 2.70 bits per heavy atom. The number of nitrogens with zero attached hydrogens (tertiary/aromatic N) is 4. The number of hydrogen-bond donors (Lipinski definition) is 2. The van der Waals surface area contributed by atoms with Gasteiger partial charge in [0.15, 0.2) is 0 Å².